The number of ether oxygens (including phenoxy) is 1. The van der Waals surface area contributed by atoms with Crippen molar-refractivity contribution >= 4 is 63.4 Å². The normalized spacial score (nSPS) is 14.6. The lowest BCUT2D eigenvalue weighted by Crippen LogP contribution is -2.41. The van der Waals surface area contributed by atoms with E-state index in [1.807, 2.05) is 0 Å². The first kappa shape index (κ1) is 26.6. The van der Waals surface area contributed by atoms with E-state index in [0.717, 1.165) is 36.5 Å². The van der Waals surface area contributed by atoms with Crippen LogP contribution in [0.25, 0.3) is 10.4 Å². The largest absolute Gasteiger partial charge is 0.506 e. The molecular formula is C24H24Cl2N4O4S2. The second-order valence-electron chi connectivity index (χ2n) is 7.97. The standard InChI is InChI=1S/C24H24Cl2N4O4S2/c1-14(16-13-35-22(21(16)31)15-2-3-17(25)18(26)12-15)28-29-24(33)20-5-4-19(36-20)23(32)27-6-7-30-8-10-34-11-9-30/h2-5,12-13,31H,6-11H2,1H3,(H,27,32)(H,29,33). The van der Waals surface area contributed by atoms with Gasteiger partial charge in [-0.25, -0.2) is 5.43 Å². The predicted octanol–water partition coefficient (Wildman–Crippen LogP) is 4.71. The molecule has 1 aromatic carbocycles. The summed E-state index contributed by atoms with van der Waals surface area (Å²) in [5, 5.41) is 20.3. The molecule has 0 aliphatic carbocycles. The van der Waals surface area contributed by atoms with Crippen molar-refractivity contribution in [3.63, 3.8) is 0 Å². The van der Waals surface area contributed by atoms with Gasteiger partial charge in [0.2, 0.25) is 0 Å². The molecule has 0 saturated carbocycles. The molecule has 0 unspecified atom stereocenters. The molecule has 8 nitrogen and oxygen atoms in total. The summed E-state index contributed by atoms with van der Waals surface area (Å²) >= 11 is 14.5. The molecule has 0 bridgehead atoms. The molecule has 36 heavy (non-hydrogen) atoms. The van der Waals surface area contributed by atoms with Gasteiger partial charge in [-0.3, -0.25) is 14.5 Å². The number of amides is 2. The fourth-order valence-corrected chi connectivity index (χ4v) is 5.63. The molecule has 3 aromatic rings. The van der Waals surface area contributed by atoms with Gasteiger partial charge in [-0.2, -0.15) is 5.10 Å². The number of nitrogens with zero attached hydrogens (tertiary/aromatic N) is 2. The highest BCUT2D eigenvalue weighted by atomic mass is 35.5. The van der Waals surface area contributed by atoms with Gasteiger partial charge in [0, 0.05) is 31.6 Å². The minimum absolute atomic E-state index is 0.0426. The molecule has 2 aromatic heterocycles. The molecule has 0 spiro atoms. The van der Waals surface area contributed by atoms with E-state index in [-0.39, 0.29) is 11.7 Å². The first-order valence-corrected chi connectivity index (χ1v) is 13.6. The highest BCUT2D eigenvalue weighted by molar-refractivity contribution is 7.16. The summed E-state index contributed by atoms with van der Waals surface area (Å²) in [6.07, 6.45) is 0. The highest BCUT2D eigenvalue weighted by Crippen LogP contribution is 2.40. The van der Waals surface area contributed by atoms with E-state index < -0.39 is 5.91 Å². The van der Waals surface area contributed by atoms with Crippen LogP contribution in [0.1, 0.15) is 31.8 Å². The topological polar surface area (TPSA) is 103 Å². The number of nitrogens with one attached hydrogen (secondary N) is 2. The lowest BCUT2D eigenvalue weighted by molar-refractivity contribution is 0.0383. The third kappa shape index (κ3) is 6.44. The zero-order valence-corrected chi connectivity index (χ0v) is 22.5. The van der Waals surface area contributed by atoms with Crippen molar-refractivity contribution in [2.75, 3.05) is 39.4 Å². The summed E-state index contributed by atoms with van der Waals surface area (Å²) < 4.78 is 5.32. The van der Waals surface area contributed by atoms with Gasteiger partial charge in [-0.1, -0.05) is 29.3 Å². The minimum Gasteiger partial charge on any atom is -0.506 e. The number of hydrazone groups is 1. The van der Waals surface area contributed by atoms with Crippen LogP contribution < -0.4 is 10.7 Å². The maximum Gasteiger partial charge on any atom is 0.281 e. The Balaban J connectivity index is 1.34. The molecule has 2 amide bonds. The number of aromatic hydroxyl groups is 1. The molecule has 190 valence electrons. The molecule has 1 aliphatic rings. The number of carbonyl (C=O) groups excluding carboxylic acids is 2. The van der Waals surface area contributed by atoms with Crippen molar-refractivity contribution in [1.82, 2.24) is 15.6 Å². The smallest absolute Gasteiger partial charge is 0.281 e. The van der Waals surface area contributed by atoms with Crippen LogP contribution in [0.5, 0.6) is 5.75 Å². The van der Waals surface area contributed by atoms with Crippen LogP contribution in [0, 0.1) is 0 Å². The Hall–Kier alpha value is -2.47. The molecule has 0 atom stereocenters. The second-order valence-corrected chi connectivity index (χ2v) is 10.7. The van der Waals surface area contributed by atoms with E-state index in [9.17, 15) is 14.7 Å². The zero-order chi connectivity index (χ0) is 25.7. The van der Waals surface area contributed by atoms with Gasteiger partial charge in [0.15, 0.2) is 0 Å². The van der Waals surface area contributed by atoms with Gasteiger partial charge in [-0.05, 0) is 36.8 Å². The van der Waals surface area contributed by atoms with E-state index in [0.29, 0.717) is 55.7 Å². The van der Waals surface area contributed by atoms with E-state index in [2.05, 4.69) is 20.7 Å². The minimum atomic E-state index is -0.439. The lowest BCUT2D eigenvalue weighted by atomic mass is 10.1. The van der Waals surface area contributed by atoms with E-state index in [1.54, 1.807) is 42.6 Å². The Morgan fingerprint density at radius 3 is 2.56 bits per heavy atom. The summed E-state index contributed by atoms with van der Waals surface area (Å²) in [5.74, 6) is -0.614. The summed E-state index contributed by atoms with van der Waals surface area (Å²) in [6.45, 7) is 6.11. The first-order valence-electron chi connectivity index (χ1n) is 11.1. The summed E-state index contributed by atoms with van der Waals surface area (Å²) in [5.41, 5.74) is 4.14. The number of carbonyl (C=O) groups is 2. The quantitative estimate of drug-likeness (QED) is 0.271. The Labute approximate surface area is 226 Å². The van der Waals surface area contributed by atoms with Gasteiger partial charge in [0.1, 0.15) is 5.75 Å². The molecule has 0 radical (unpaired) electrons. The van der Waals surface area contributed by atoms with Crippen LogP contribution in [0.3, 0.4) is 0 Å². The zero-order valence-electron chi connectivity index (χ0n) is 19.3. The Morgan fingerprint density at radius 1 is 1.11 bits per heavy atom. The average molecular weight is 568 g/mol. The maximum atomic E-state index is 12.6. The summed E-state index contributed by atoms with van der Waals surface area (Å²) in [4.78, 5) is 28.7. The van der Waals surface area contributed by atoms with Crippen molar-refractivity contribution in [3.05, 3.63) is 61.1 Å². The molecule has 12 heteroatoms. The highest BCUT2D eigenvalue weighted by Gasteiger charge is 2.17. The fraction of sp³-hybridized carbons (Fsp3) is 0.292. The van der Waals surface area contributed by atoms with Crippen LogP contribution in [0.2, 0.25) is 10.0 Å². The number of halogens is 2. The lowest BCUT2D eigenvalue weighted by Gasteiger charge is -2.26. The van der Waals surface area contributed by atoms with Gasteiger partial charge in [-0.15, -0.1) is 22.7 Å². The Morgan fingerprint density at radius 2 is 1.83 bits per heavy atom. The van der Waals surface area contributed by atoms with Crippen molar-refractivity contribution in [2.24, 2.45) is 5.10 Å². The molecule has 3 N–H and O–H groups in total. The maximum absolute atomic E-state index is 12.6. The number of thiophene rings is 2. The third-order valence-electron chi connectivity index (χ3n) is 5.53. The van der Waals surface area contributed by atoms with Crippen LogP contribution in [-0.2, 0) is 4.74 Å². The van der Waals surface area contributed by atoms with Gasteiger partial charge < -0.3 is 15.2 Å². The van der Waals surface area contributed by atoms with Gasteiger partial charge >= 0.3 is 0 Å². The van der Waals surface area contributed by atoms with Crippen LogP contribution >= 0.6 is 45.9 Å². The average Bonchev–Trinajstić information content (AvgIpc) is 3.52. The summed E-state index contributed by atoms with van der Waals surface area (Å²) in [6, 6.07) is 8.32. The number of hydrogen-bond acceptors (Lipinski definition) is 8. The van der Waals surface area contributed by atoms with Crippen LogP contribution in [-0.4, -0.2) is 66.9 Å². The van der Waals surface area contributed by atoms with Crippen LogP contribution in [0.15, 0.2) is 40.8 Å². The Kier molecular flexibility index (Phi) is 9.00. The Bertz CT molecular complexity index is 1280. The number of hydrogen-bond donors (Lipinski definition) is 3. The second kappa shape index (κ2) is 12.2. The van der Waals surface area contributed by atoms with Gasteiger partial charge in [0.25, 0.3) is 11.8 Å². The van der Waals surface area contributed by atoms with Crippen molar-refractivity contribution in [1.29, 1.82) is 0 Å². The van der Waals surface area contributed by atoms with E-state index in [4.69, 9.17) is 27.9 Å². The fourth-order valence-electron chi connectivity index (χ4n) is 3.52. The van der Waals surface area contributed by atoms with Crippen molar-refractivity contribution < 1.29 is 19.4 Å². The molecule has 4 rings (SSSR count). The molecule has 1 fully saturated rings. The SMILES string of the molecule is CC(=NNC(=O)c1ccc(C(=O)NCCN2CCOCC2)s1)c1csc(-c2ccc(Cl)c(Cl)c2)c1O. The molecule has 1 saturated heterocycles. The first-order chi connectivity index (χ1) is 17.3. The molecular weight excluding hydrogens is 543 g/mol. The van der Waals surface area contributed by atoms with E-state index >= 15 is 0 Å². The molecule has 1 aliphatic heterocycles. The number of morpholine rings is 1. The van der Waals surface area contributed by atoms with Crippen LogP contribution in [0.4, 0.5) is 0 Å². The predicted molar refractivity (Wildman–Crippen MR) is 145 cm³/mol. The number of benzene rings is 1. The monoisotopic (exact) mass is 566 g/mol. The van der Waals surface area contributed by atoms with Crippen molar-refractivity contribution in [2.45, 2.75) is 6.92 Å². The van der Waals surface area contributed by atoms with Gasteiger partial charge in [0.05, 0.1) is 49.2 Å². The summed E-state index contributed by atoms with van der Waals surface area (Å²) in [7, 11) is 0. The third-order valence-corrected chi connectivity index (χ3v) is 8.37. The number of rotatable bonds is 8. The van der Waals surface area contributed by atoms with E-state index in [1.165, 1.54) is 11.3 Å². The van der Waals surface area contributed by atoms with Crippen molar-refractivity contribution in [3.8, 4) is 16.2 Å². The molecule has 3 heterocycles.